The minimum absolute atomic E-state index is 0.198. The molecule has 0 radical (unpaired) electrons. The van der Waals surface area contributed by atoms with Crippen LogP contribution in [0.15, 0.2) is 18.2 Å². The van der Waals surface area contributed by atoms with Crippen molar-refractivity contribution in [3.63, 3.8) is 0 Å². The van der Waals surface area contributed by atoms with Crippen LogP contribution in [0.2, 0.25) is 0 Å². The maximum atomic E-state index is 11.1. The van der Waals surface area contributed by atoms with Gasteiger partial charge in [-0.15, -0.1) is 0 Å². The normalized spacial score (nSPS) is 11.2. The van der Waals surface area contributed by atoms with Crippen LogP contribution in [0.25, 0.3) is 0 Å². The summed E-state index contributed by atoms with van der Waals surface area (Å²) in [5.41, 5.74) is -0.492. The van der Waals surface area contributed by atoms with E-state index in [4.69, 9.17) is 28.4 Å². The number of nitro groups is 2. The lowest BCUT2D eigenvalue weighted by atomic mass is 10.1. The van der Waals surface area contributed by atoms with Crippen molar-refractivity contribution in [1.82, 2.24) is 0 Å². The molecule has 0 spiro atoms. The standard InChI is InChI=1S/C31H55N3O10/c1-2-3-4-5-6-7-8-9-10-11-12-16-39-18-20-41-22-24-43-26-27-44-25-23-42-21-19-40-17-15-32-30-14-13-29(33(35)36)28-31(30)34(37)38/h13-14,28,32H,2-12,15-27H2,1H3. The molecule has 0 saturated carbocycles. The summed E-state index contributed by atoms with van der Waals surface area (Å²) < 4.78 is 33.0. The number of rotatable bonds is 33. The van der Waals surface area contributed by atoms with Crippen LogP contribution in [0.3, 0.4) is 0 Å². The Kier molecular flexibility index (Phi) is 26.4. The summed E-state index contributed by atoms with van der Waals surface area (Å²) in [7, 11) is 0. The van der Waals surface area contributed by atoms with Crippen molar-refractivity contribution in [3.05, 3.63) is 38.4 Å². The zero-order valence-electron chi connectivity index (χ0n) is 26.7. The van der Waals surface area contributed by atoms with Crippen LogP contribution in [-0.2, 0) is 28.4 Å². The van der Waals surface area contributed by atoms with E-state index in [1.165, 1.54) is 76.3 Å². The van der Waals surface area contributed by atoms with E-state index in [-0.39, 0.29) is 17.1 Å². The van der Waals surface area contributed by atoms with Gasteiger partial charge >= 0.3 is 0 Å². The zero-order chi connectivity index (χ0) is 31.9. The van der Waals surface area contributed by atoms with E-state index < -0.39 is 9.85 Å². The molecule has 0 atom stereocenters. The number of non-ortho nitro benzene ring substituents is 1. The largest absolute Gasteiger partial charge is 0.379 e. The molecule has 1 N–H and O–H groups in total. The molecule has 254 valence electrons. The van der Waals surface area contributed by atoms with Crippen molar-refractivity contribution in [2.75, 3.05) is 91.1 Å². The Morgan fingerprint density at radius 3 is 1.39 bits per heavy atom. The predicted octanol–water partition coefficient (Wildman–Crippen LogP) is 6.33. The summed E-state index contributed by atoms with van der Waals surface area (Å²) >= 11 is 0. The number of benzene rings is 1. The average Bonchev–Trinajstić information content (AvgIpc) is 3.01. The van der Waals surface area contributed by atoms with Gasteiger partial charge in [0, 0.05) is 19.2 Å². The SMILES string of the molecule is CCCCCCCCCCCCCOCCOCCOCCOCCOCCOCCNc1ccc([N+](=O)[O-])cc1[N+](=O)[O-]. The van der Waals surface area contributed by atoms with Crippen molar-refractivity contribution in [1.29, 1.82) is 0 Å². The Morgan fingerprint density at radius 1 is 0.545 bits per heavy atom. The monoisotopic (exact) mass is 629 g/mol. The van der Waals surface area contributed by atoms with Crippen LogP contribution in [0.4, 0.5) is 17.1 Å². The van der Waals surface area contributed by atoms with Crippen LogP contribution in [0.1, 0.15) is 77.6 Å². The first-order chi connectivity index (χ1) is 21.6. The lowest BCUT2D eigenvalue weighted by Crippen LogP contribution is -2.15. The van der Waals surface area contributed by atoms with E-state index in [9.17, 15) is 20.2 Å². The van der Waals surface area contributed by atoms with Gasteiger partial charge in [-0.3, -0.25) is 20.2 Å². The van der Waals surface area contributed by atoms with E-state index in [0.717, 1.165) is 19.1 Å². The van der Waals surface area contributed by atoms with Gasteiger partial charge in [-0.25, -0.2) is 0 Å². The highest BCUT2D eigenvalue weighted by atomic mass is 16.6. The first-order valence-corrected chi connectivity index (χ1v) is 16.2. The first-order valence-electron chi connectivity index (χ1n) is 16.2. The van der Waals surface area contributed by atoms with Gasteiger partial charge in [0.05, 0.1) is 88.6 Å². The summed E-state index contributed by atoms with van der Waals surface area (Å²) in [6.45, 7) is 8.50. The van der Waals surface area contributed by atoms with Crippen molar-refractivity contribution < 1.29 is 38.3 Å². The summed E-state index contributed by atoms with van der Waals surface area (Å²) in [4.78, 5) is 20.6. The molecular formula is C31H55N3O10. The van der Waals surface area contributed by atoms with Gasteiger partial charge in [-0.05, 0) is 12.5 Å². The smallest absolute Gasteiger partial charge is 0.299 e. The molecule has 13 nitrogen and oxygen atoms in total. The van der Waals surface area contributed by atoms with Gasteiger partial charge in [0.15, 0.2) is 0 Å². The van der Waals surface area contributed by atoms with Crippen molar-refractivity contribution >= 4 is 17.1 Å². The highest BCUT2D eigenvalue weighted by Gasteiger charge is 2.19. The van der Waals surface area contributed by atoms with Crippen molar-refractivity contribution in [2.45, 2.75) is 77.6 Å². The van der Waals surface area contributed by atoms with Crippen LogP contribution < -0.4 is 5.32 Å². The third-order valence-electron chi connectivity index (χ3n) is 6.70. The van der Waals surface area contributed by atoms with E-state index in [1.807, 2.05) is 0 Å². The number of nitrogens with one attached hydrogen (secondary N) is 1. The molecule has 13 heteroatoms. The minimum atomic E-state index is -0.673. The average molecular weight is 630 g/mol. The Labute approximate surface area is 262 Å². The molecule has 0 saturated heterocycles. The molecule has 0 heterocycles. The predicted molar refractivity (Wildman–Crippen MR) is 170 cm³/mol. The van der Waals surface area contributed by atoms with Gasteiger partial charge < -0.3 is 33.7 Å². The molecule has 0 amide bonds. The second-order valence-corrected chi connectivity index (χ2v) is 10.4. The highest BCUT2D eigenvalue weighted by Crippen LogP contribution is 2.28. The van der Waals surface area contributed by atoms with Crippen LogP contribution >= 0.6 is 0 Å². The number of ether oxygens (including phenoxy) is 6. The quantitative estimate of drug-likeness (QED) is 0.0527. The Bertz CT molecular complexity index is 847. The number of nitro benzene ring substituents is 2. The molecule has 1 aromatic rings. The van der Waals surface area contributed by atoms with E-state index in [1.54, 1.807) is 0 Å². The van der Waals surface area contributed by atoms with Gasteiger partial charge in [0.1, 0.15) is 5.69 Å². The number of anilines is 1. The number of hydrogen-bond donors (Lipinski definition) is 1. The third-order valence-corrected chi connectivity index (χ3v) is 6.70. The van der Waals surface area contributed by atoms with Gasteiger partial charge in [-0.1, -0.05) is 71.1 Å². The zero-order valence-corrected chi connectivity index (χ0v) is 26.7. The fourth-order valence-electron chi connectivity index (χ4n) is 4.26. The fraction of sp³-hybridized carbons (Fsp3) is 0.806. The van der Waals surface area contributed by atoms with Gasteiger partial charge in [0.25, 0.3) is 11.4 Å². The topological polar surface area (TPSA) is 154 Å². The van der Waals surface area contributed by atoms with Crippen molar-refractivity contribution in [2.24, 2.45) is 0 Å². The molecule has 0 aliphatic heterocycles. The molecule has 1 aromatic carbocycles. The molecule has 0 aliphatic carbocycles. The summed E-state index contributed by atoms with van der Waals surface area (Å²) in [6, 6.07) is 3.46. The van der Waals surface area contributed by atoms with Gasteiger partial charge in [0.2, 0.25) is 0 Å². The number of nitrogens with zero attached hydrogens (tertiary/aromatic N) is 2. The Hall–Kier alpha value is -2.42. The molecule has 1 rings (SSSR count). The number of unbranched alkanes of at least 4 members (excludes halogenated alkanes) is 10. The van der Waals surface area contributed by atoms with Crippen molar-refractivity contribution in [3.8, 4) is 0 Å². The second-order valence-electron chi connectivity index (χ2n) is 10.4. The van der Waals surface area contributed by atoms with Crippen LogP contribution in [0, 0.1) is 20.2 Å². The minimum Gasteiger partial charge on any atom is -0.379 e. The lowest BCUT2D eigenvalue weighted by Gasteiger charge is -2.09. The molecule has 0 bridgehead atoms. The molecule has 44 heavy (non-hydrogen) atoms. The summed E-state index contributed by atoms with van der Waals surface area (Å²) in [5, 5.41) is 24.8. The van der Waals surface area contributed by atoms with Crippen LogP contribution in [0.5, 0.6) is 0 Å². The van der Waals surface area contributed by atoms with E-state index in [0.29, 0.717) is 79.2 Å². The maximum Gasteiger partial charge on any atom is 0.299 e. The van der Waals surface area contributed by atoms with E-state index in [2.05, 4.69) is 12.2 Å². The fourth-order valence-corrected chi connectivity index (χ4v) is 4.26. The third kappa shape index (κ3) is 23.0. The molecule has 0 aromatic heterocycles. The Morgan fingerprint density at radius 2 is 0.955 bits per heavy atom. The lowest BCUT2D eigenvalue weighted by molar-refractivity contribution is -0.393. The van der Waals surface area contributed by atoms with Crippen LogP contribution in [-0.4, -0.2) is 95.7 Å². The summed E-state index contributed by atoms with van der Waals surface area (Å²) in [6.07, 6.45) is 14.7. The van der Waals surface area contributed by atoms with E-state index >= 15 is 0 Å². The first kappa shape index (κ1) is 39.6. The maximum absolute atomic E-state index is 11.1. The number of hydrogen-bond acceptors (Lipinski definition) is 11. The van der Waals surface area contributed by atoms with Gasteiger partial charge in [-0.2, -0.15) is 0 Å². The molecular weight excluding hydrogens is 574 g/mol. The highest BCUT2D eigenvalue weighted by molar-refractivity contribution is 5.65. The second kappa shape index (κ2) is 29.3. The summed E-state index contributed by atoms with van der Waals surface area (Å²) in [5.74, 6) is 0. The molecule has 0 fully saturated rings. The molecule has 0 aliphatic rings. The Balaban J connectivity index is 1.76. The molecule has 0 unspecified atom stereocenters.